The van der Waals surface area contributed by atoms with Gasteiger partial charge in [-0.15, -0.1) is 0 Å². The van der Waals surface area contributed by atoms with Gasteiger partial charge in [0.2, 0.25) is 0 Å². The van der Waals surface area contributed by atoms with Gasteiger partial charge < -0.3 is 19.7 Å². The van der Waals surface area contributed by atoms with Gasteiger partial charge in [0.15, 0.2) is 12.3 Å². The fourth-order valence-corrected chi connectivity index (χ4v) is 2.96. The van der Waals surface area contributed by atoms with Gasteiger partial charge in [0, 0.05) is 12.3 Å². The largest absolute Gasteiger partial charge is 0.424 e. The van der Waals surface area contributed by atoms with Gasteiger partial charge in [-0.1, -0.05) is 12.1 Å². The smallest absolute Gasteiger partial charge is 0.341 e. The van der Waals surface area contributed by atoms with Gasteiger partial charge in [0.25, 0.3) is 11.9 Å². The highest BCUT2D eigenvalue weighted by Crippen LogP contribution is 2.31. The van der Waals surface area contributed by atoms with E-state index in [9.17, 15) is 29.0 Å². The van der Waals surface area contributed by atoms with Crippen molar-refractivity contribution in [1.82, 2.24) is 9.55 Å². The average molecular weight is 394 g/mol. The molecule has 1 fully saturated rings. The van der Waals surface area contributed by atoms with Crippen molar-refractivity contribution in [3.8, 4) is 0 Å². The number of hydrogen-bond acceptors (Lipinski definition) is 7. The molecule has 0 bridgehead atoms. The molecule has 2 aromatic rings. The summed E-state index contributed by atoms with van der Waals surface area (Å²) < 4.78 is 25.4. The van der Waals surface area contributed by atoms with E-state index in [1.165, 1.54) is 6.07 Å². The van der Waals surface area contributed by atoms with Crippen molar-refractivity contribution >= 4 is 5.97 Å². The van der Waals surface area contributed by atoms with E-state index in [-0.39, 0.29) is 5.56 Å². The quantitative estimate of drug-likeness (QED) is 0.619. The maximum absolute atomic E-state index is 14.6. The fourth-order valence-electron chi connectivity index (χ4n) is 2.96. The lowest BCUT2D eigenvalue weighted by atomic mass is 10.0. The molecule has 0 amide bonds. The normalized spacial score (nSPS) is 25.5. The molecule has 2 heterocycles. The lowest BCUT2D eigenvalue weighted by Crippen LogP contribution is -2.39. The molecular formula is C18H19FN2O7. The minimum absolute atomic E-state index is 0.157. The molecule has 3 N–H and O–H groups in total. The van der Waals surface area contributed by atoms with E-state index >= 15 is 0 Å². The summed E-state index contributed by atoms with van der Waals surface area (Å²) in [7, 11) is 0. The molecule has 1 aliphatic rings. The Labute approximate surface area is 158 Å². The molecule has 9 nitrogen and oxygen atoms in total. The van der Waals surface area contributed by atoms with Crippen molar-refractivity contribution in [2.24, 2.45) is 0 Å². The highest BCUT2D eigenvalue weighted by atomic mass is 19.1. The van der Waals surface area contributed by atoms with Crippen LogP contribution in [0.3, 0.4) is 0 Å². The van der Waals surface area contributed by atoms with Crippen LogP contribution in [0.1, 0.15) is 27.7 Å². The lowest BCUT2D eigenvalue weighted by Gasteiger charge is -2.20. The second-order valence-corrected chi connectivity index (χ2v) is 6.49. The Balaban J connectivity index is 1.78. The summed E-state index contributed by atoms with van der Waals surface area (Å²) in [4.78, 5) is 37.2. The number of ether oxygens (including phenoxy) is 2. The minimum Gasteiger partial charge on any atom is -0.424 e. The molecule has 1 saturated heterocycles. The van der Waals surface area contributed by atoms with Crippen molar-refractivity contribution in [2.45, 2.75) is 44.7 Å². The fraction of sp³-hybridized carbons (Fsp3) is 0.389. The number of esters is 1. The van der Waals surface area contributed by atoms with Crippen molar-refractivity contribution in [3.05, 3.63) is 68.0 Å². The van der Waals surface area contributed by atoms with Gasteiger partial charge in [0.05, 0.1) is 5.56 Å². The predicted molar refractivity (Wildman–Crippen MR) is 93.5 cm³/mol. The van der Waals surface area contributed by atoms with Gasteiger partial charge in [-0.2, -0.15) is 4.39 Å². The highest BCUT2D eigenvalue weighted by molar-refractivity contribution is 5.91. The topological polar surface area (TPSA) is 131 Å². The molecule has 150 valence electrons. The number of aromatic amines is 1. The van der Waals surface area contributed by atoms with E-state index in [0.29, 0.717) is 5.56 Å². The second-order valence-electron chi connectivity index (χ2n) is 6.49. The van der Waals surface area contributed by atoms with Crippen LogP contribution in [0.4, 0.5) is 4.39 Å². The number of H-pyrrole nitrogens is 1. The van der Waals surface area contributed by atoms with E-state index in [2.05, 4.69) is 0 Å². The van der Waals surface area contributed by atoms with Crippen LogP contribution in [-0.2, 0) is 9.47 Å². The number of aliphatic hydroxyl groups excluding tert-OH is 2. The molecule has 5 atom stereocenters. The third kappa shape index (κ3) is 3.61. The van der Waals surface area contributed by atoms with Crippen LogP contribution in [0.2, 0.25) is 0 Å². The van der Waals surface area contributed by atoms with Crippen LogP contribution in [0.5, 0.6) is 0 Å². The summed E-state index contributed by atoms with van der Waals surface area (Å²) in [5.74, 6) is -0.955. The van der Waals surface area contributed by atoms with Crippen molar-refractivity contribution in [2.75, 3.05) is 0 Å². The zero-order valence-corrected chi connectivity index (χ0v) is 15.0. The molecule has 1 aromatic heterocycles. The van der Waals surface area contributed by atoms with Crippen LogP contribution in [0, 0.1) is 13.8 Å². The summed E-state index contributed by atoms with van der Waals surface area (Å²) in [5.41, 5.74) is 0.00756. The van der Waals surface area contributed by atoms with Crippen molar-refractivity contribution in [1.29, 1.82) is 0 Å². The van der Waals surface area contributed by atoms with Crippen molar-refractivity contribution < 1.29 is 28.9 Å². The average Bonchev–Trinajstić information content (AvgIpc) is 2.93. The number of hydrogen-bond donors (Lipinski definition) is 3. The Morgan fingerprint density at radius 3 is 2.64 bits per heavy atom. The van der Waals surface area contributed by atoms with Gasteiger partial charge >= 0.3 is 11.7 Å². The number of halogens is 1. The Morgan fingerprint density at radius 1 is 1.25 bits per heavy atom. The number of nitrogens with one attached hydrogen (secondary N) is 1. The number of nitrogens with zero attached hydrogens (tertiary/aromatic N) is 1. The summed E-state index contributed by atoms with van der Waals surface area (Å²) in [5, 5.41) is 20.2. The van der Waals surface area contributed by atoms with Gasteiger partial charge in [0.1, 0.15) is 12.2 Å². The third-order valence-electron chi connectivity index (χ3n) is 4.70. The molecular weight excluding hydrogens is 375 g/mol. The number of aromatic nitrogens is 2. The van der Waals surface area contributed by atoms with E-state index in [0.717, 1.165) is 22.4 Å². The molecule has 1 aliphatic heterocycles. The van der Waals surface area contributed by atoms with Crippen LogP contribution in [0.15, 0.2) is 40.1 Å². The zero-order valence-electron chi connectivity index (χ0n) is 15.0. The van der Waals surface area contributed by atoms with E-state index < -0.39 is 48.1 Å². The minimum atomic E-state index is -2.40. The Morgan fingerprint density at radius 2 is 1.96 bits per heavy atom. The number of carbonyl (C=O) groups excluding carboxylic acids is 1. The number of aliphatic hydroxyl groups is 2. The Bertz CT molecular complexity index is 1000. The number of alkyl halides is 1. The summed E-state index contributed by atoms with van der Waals surface area (Å²) in [6.07, 6.45) is -8.02. The van der Waals surface area contributed by atoms with Crippen LogP contribution >= 0.6 is 0 Å². The molecule has 1 aromatic carbocycles. The summed E-state index contributed by atoms with van der Waals surface area (Å²) >= 11 is 0. The second kappa shape index (κ2) is 7.66. The van der Waals surface area contributed by atoms with E-state index in [1.807, 2.05) is 4.98 Å². The highest BCUT2D eigenvalue weighted by Gasteiger charge is 2.49. The predicted octanol–water partition coefficient (Wildman–Crippen LogP) is -0.0748. The van der Waals surface area contributed by atoms with Gasteiger partial charge in [-0.05, 0) is 31.0 Å². The first-order chi connectivity index (χ1) is 13.2. The van der Waals surface area contributed by atoms with Gasteiger partial charge in [-0.3, -0.25) is 14.3 Å². The summed E-state index contributed by atoms with van der Waals surface area (Å²) in [6.45, 7) is 3.47. The SMILES string of the molecule is Cc1cccc(C(=O)OC(F)[C@H]2O[C@@H](n3ccc(=O)[nH]c3=O)[C@H](O)[C@@H]2O)c1C. The summed E-state index contributed by atoms with van der Waals surface area (Å²) in [6, 6.07) is 5.88. The first kappa shape index (κ1) is 19.9. The maximum atomic E-state index is 14.6. The van der Waals surface area contributed by atoms with Crippen LogP contribution in [0.25, 0.3) is 0 Å². The monoisotopic (exact) mass is 394 g/mol. The first-order valence-corrected chi connectivity index (χ1v) is 8.45. The lowest BCUT2D eigenvalue weighted by molar-refractivity contribution is -0.136. The molecule has 0 spiro atoms. The first-order valence-electron chi connectivity index (χ1n) is 8.45. The maximum Gasteiger partial charge on any atom is 0.341 e. The van der Waals surface area contributed by atoms with E-state index in [4.69, 9.17) is 9.47 Å². The Hall–Kier alpha value is -2.82. The van der Waals surface area contributed by atoms with Crippen LogP contribution in [-0.4, -0.2) is 50.4 Å². The van der Waals surface area contributed by atoms with Crippen LogP contribution < -0.4 is 11.2 Å². The van der Waals surface area contributed by atoms with E-state index in [1.54, 1.807) is 26.0 Å². The molecule has 0 aliphatic carbocycles. The number of aryl methyl sites for hydroxylation is 1. The standard InChI is InChI=1S/C18H19FN2O7/c1-8-4-3-5-10(9(8)2)17(25)28-15(19)14-12(23)13(24)16(27-14)21-7-6-11(22)20-18(21)26/h3-7,12-16,23-24H,1-2H3,(H,20,22,26)/t12-,13+,14-,15?,16+/m0/s1. The molecule has 28 heavy (non-hydrogen) atoms. The molecule has 3 rings (SSSR count). The Kier molecular flexibility index (Phi) is 5.45. The molecule has 0 radical (unpaired) electrons. The molecule has 10 heteroatoms. The third-order valence-corrected chi connectivity index (χ3v) is 4.70. The molecule has 1 unspecified atom stereocenters. The molecule has 0 saturated carbocycles. The number of rotatable bonds is 4. The van der Waals surface area contributed by atoms with Crippen molar-refractivity contribution in [3.63, 3.8) is 0 Å². The van der Waals surface area contributed by atoms with Gasteiger partial charge in [-0.25, -0.2) is 9.59 Å². The number of carbonyl (C=O) groups is 1. The zero-order chi connectivity index (χ0) is 20.6. The number of benzene rings is 1.